The van der Waals surface area contributed by atoms with Gasteiger partial charge in [-0.05, 0) is 6.42 Å². The average molecular weight is 180 g/mol. The maximum atomic E-state index is 4.84. The second kappa shape index (κ2) is 3.55. The van der Waals surface area contributed by atoms with Crippen molar-refractivity contribution in [2.24, 2.45) is 4.99 Å². The van der Waals surface area contributed by atoms with Crippen LogP contribution in [0.1, 0.15) is 24.6 Å². The highest BCUT2D eigenvalue weighted by Crippen LogP contribution is 2.02. The Bertz CT molecular complexity index is 318. The molecule has 1 aromatic rings. The molecule has 2 rings (SSSR count). The summed E-state index contributed by atoms with van der Waals surface area (Å²) in [6, 6.07) is 0. The summed E-state index contributed by atoms with van der Waals surface area (Å²) in [5.74, 6) is 2.35. The highest BCUT2D eigenvalue weighted by atomic mass is 16.5. The molecule has 5 heteroatoms. The number of aromatic nitrogens is 2. The van der Waals surface area contributed by atoms with Crippen molar-refractivity contribution in [1.29, 1.82) is 0 Å². The summed E-state index contributed by atoms with van der Waals surface area (Å²) in [4.78, 5) is 8.35. The maximum absolute atomic E-state index is 4.84. The summed E-state index contributed by atoms with van der Waals surface area (Å²) in [5.41, 5.74) is 0. The molecule has 1 aliphatic rings. The monoisotopic (exact) mass is 180 g/mol. The van der Waals surface area contributed by atoms with Crippen molar-refractivity contribution in [3.8, 4) is 0 Å². The molecular weight excluding hydrogens is 168 g/mol. The Balaban J connectivity index is 1.85. The number of aliphatic imine (C=N–C) groups is 1. The van der Waals surface area contributed by atoms with Crippen LogP contribution in [0.15, 0.2) is 9.52 Å². The van der Waals surface area contributed by atoms with E-state index in [4.69, 9.17) is 4.52 Å². The fraction of sp³-hybridized carbons (Fsp3) is 0.625. The third kappa shape index (κ3) is 2.05. The SMILES string of the molecule is Cc1nc(CNC2=NCCC2)no1. The first-order chi connectivity index (χ1) is 6.34. The van der Waals surface area contributed by atoms with Gasteiger partial charge in [0.1, 0.15) is 0 Å². The van der Waals surface area contributed by atoms with E-state index in [1.165, 1.54) is 0 Å². The van der Waals surface area contributed by atoms with Gasteiger partial charge in [0.05, 0.1) is 12.4 Å². The zero-order valence-electron chi connectivity index (χ0n) is 7.58. The highest BCUT2D eigenvalue weighted by molar-refractivity contribution is 5.83. The first kappa shape index (κ1) is 8.22. The molecule has 1 N–H and O–H groups in total. The van der Waals surface area contributed by atoms with Gasteiger partial charge >= 0.3 is 0 Å². The Morgan fingerprint density at radius 2 is 2.46 bits per heavy atom. The van der Waals surface area contributed by atoms with Gasteiger partial charge in [0.15, 0.2) is 5.82 Å². The van der Waals surface area contributed by atoms with E-state index in [1.54, 1.807) is 6.92 Å². The van der Waals surface area contributed by atoms with E-state index in [0.29, 0.717) is 18.3 Å². The maximum Gasteiger partial charge on any atom is 0.223 e. The number of nitrogens with zero attached hydrogens (tertiary/aromatic N) is 3. The molecule has 0 saturated heterocycles. The lowest BCUT2D eigenvalue weighted by Crippen LogP contribution is -2.21. The molecule has 0 bridgehead atoms. The topological polar surface area (TPSA) is 63.3 Å². The van der Waals surface area contributed by atoms with Gasteiger partial charge in [-0.3, -0.25) is 4.99 Å². The molecule has 0 aliphatic carbocycles. The van der Waals surface area contributed by atoms with Gasteiger partial charge in [0, 0.05) is 19.9 Å². The molecular formula is C8H12N4O. The third-order valence-electron chi connectivity index (χ3n) is 1.89. The number of nitrogens with one attached hydrogen (secondary N) is 1. The van der Waals surface area contributed by atoms with Gasteiger partial charge in [-0.25, -0.2) is 0 Å². The lowest BCUT2D eigenvalue weighted by atomic mass is 10.3. The number of aryl methyl sites for hydroxylation is 1. The van der Waals surface area contributed by atoms with Gasteiger partial charge in [-0.2, -0.15) is 4.98 Å². The normalized spacial score (nSPS) is 15.9. The summed E-state index contributed by atoms with van der Waals surface area (Å²) in [7, 11) is 0. The minimum atomic E-state index is 0.602. The fourth-order valence-corrected chi connectivity index (χ4v) is 1.28. The third-order valence-corrected chi connectivity index (χ3v) is 1.89. The van der Waals surface area contributed by atoms with Crippen LogP contribution >= 0.6 is 0 Å². The summed E-state index contributed by atoms with van der Waals surface area (Å²) in [6.07, 6.45) is 2.18. The summed E-state index contributed by atoms with van der Waals surface area (Å²) in [6.45, 7) is 3.33. The van der Waals surface area contributed by atoms with Crippen LogP contribution in [0.3, 0.4) is 0 Å². The molecule has 0 aromatic carbocycles. The van der Waals surface area contributed by atoms with Gasteiger partial charge in [-0.15, -0.1) is 0 Å². The predicted octanol–water partition coefficient (Wildman–Crippen LogP) is 0.660. The van der Waals surface area contributed by atoms with E-state index in [9.17, 15) is 0 Å². The molecule has 13 heavy (non-hydrogen) atoms. The van der Waals surface area contributed by atoms with E-state index in [2.05, 4.69) is 20.4 Å². The summed E-state index contributed by atoms with van der Waals surface area (Å²) in [5, 5.41) is 6.95. The zero-order valence-corrected chi connectivity index (χ0v) is 7.58. The minimum absolute atomic E-state index is 0.602. The van der Waals surface area contributed by atoms with E-state index in [0.717, 1.165) is 25.2 Å². The summed E-state index contributed by atoms with van der Waals surface area (Å²) < 4.78 is 4.84. The number of hydrogen-bond donors (Lipinski definition) is 1. The Kier molecular flexibility index (Phi) is 2.25. The van der Waals surface area contributed by atoms with Gasteiger partial charge in [0.2, 0.25) is 5.89 Å². The smallest absolute Gasteiger partial charge is 0.223 e. The molecule has 0 unspecified atom stereocenters. The van der Waals surface area contributed by atoms with Gasteiger partial charge in [-0.1, -0.05) is 5.16 Å². The van der Waals surface area contributed by atoms with E-state index < -0.39 is 0 Å². The van der Waals surface area contributed by atoms with Gasteiger partial charge in [0.25, 0.3) is 0 Å². The molecule has 0 saturated carbocycles. The lowest BCUT2D eigenvalue weighted by Gasteiger charge is -2.00. The quantitative estimate of drug-likeness (QED) is 0.726. The average Bonchev–Trinajstić information content (AvgIpc) is 2.71. The van der Waals surface area contributed by atoms with Crippen LogP contribution in [-0.4, -0.2) is 22.5 Å². The van der Waals surface area contributed by atoms with Crippen LogP contribution in [0, 0.1) is 6.92 Å². The fourth-order valence-electron chi connectivity index (χ4n) is 1.28. The molecule has 0 atom stereocenters. The van der Waals surface area contributed by atoms with Crippen molar-refractivity contribution in [2.75, 3.05) is 6.54 Å². The number of rotatable bonds is 2. The van der Waals surface area contributed by atoms with Crippen LogP contribution in [-0.2, 0) is 6.54 Å². The minimum Gasteiger partial charge on any atom is -0.366 e. The standard InChI is InChI=1S/C8H12N4O/c1-6-11-8(12-13-6)5-10-7-3-2-4-9-7/h2-5H2,1H3,(H,9,10). The molecule has 0 fully saturated rings. The second-order valence-electron chi connectivity index (χ2n) is 3.02. The van der Waals surface area contributed by atoms with Crippen LogP contribution < -0.4 is 5.32 Å². The molecule has 1 aliphatic heterocycles. The van der Waals surface area contributed by atoms with Gasteiger partial charge < -0.3 is 9.84 Å². The number of hydrogen-bond acceptors (Lipinski definition) is 5. The largest absolute Gasteiger partial charge is 0.366 e. The Hall–Kier alpha value is -1.39. The van der Waals surface area contributed by atoms with Crippen LogP contribution in [0.4, 0.5) is 0 Å². The molecule has 70 valence electrons. The molecule has 5 nitrogen and oxygen atoms in total. The summed E-state index contributed by atoms with van der Waals surface area (Å²) >= 11 is 0. The predicted molar refractivity (Wildman–Crippen MR) is 47.4 cm³/mol. The van der Waals surface area contributed by atoms with E-state index in [1.807, 2.05) is 0 Å². The number of amidine groups is 1. The second-order valence-corrected chi connectivity index (χ2v) is 3.02. The Morgan fingerprint density at radius 1 is 1.54 bits per heavy atom. The van der Waals surface area contributed by atoms with Crippen molar-refractivity contribution < 1.29 is 4.52 Å². The Morgan fingerprint density at radius 3 is 3.08 bits per heavy atom. The van der Waals surface area contributed by atoms with Crippen molar-refractivity contribution >= 4 is 5.84 Å². The zero-order chi connectivity index (χ0) is 9.10. The van der Waals surface area contributed by atoms with Crippen molar-refractivity contribution in [2.45, 2.75) is 26.3 Å². The Labute approximate surface area is 76.2 Å². The molecule has 1 aromatic heterocycles. The van der Waals surface area contributed by atoms with E-state index in [-0.39, 0.29) is 0 Å². The highest BCUT2D eigenvalue weighted by Gasteiger charge is 2.07. The van der Waals surface area contributed by atoms with Crippen molar-refractivity contribution in [3.63, 3.8) is 0 Å². The van der Waals surface area contributed by atoms with Crippen LogP contribution in [0.25, 0.3) is 0 Å². The van der Waals surface area contributed by atoms with Crippen molar-refractivity contribution in [3.05, 3.63) is 11.7 Å². The van der Waals surface area contributed by atoms with Crippen molar-refractivity contribution in [1.82, 2.24) is 15.5 Å². The van der Waals surface area contributed by atoms with Crippen LogP contribution in [0.2, 0.25) is 0 Å². The first-order valence-electron chi connectivity index (χ1n) is 4.41. The van der Waals surface area contributed by atoms with Crippen LogP contribution in [0.5, 0.6) is 0 Å². The lowest BCUT2D eigenvalue weighted by molar-refractivity contribution is 0.387. The molecule has 0 amide bonds. The molecule has 2 heterocycles. The molecule has 0 radical (unpaired) electrons. The van der Waals surface area contributed by atoms with E-state index >= 15 is 0 Å². The molecule has 0 spiro atoms. The first-order valence-corrected chi connectivity index (χ1v) is 4.41.